The quantitative estimate of drug-likeness (QED) is 0.815. The molecule has 2 atom stereocenters. The third-order valence-corrected chi connectivity index (χ3v) is 7.24. The number of fused-ring (bicyclic) bond motifs is 1. The van der Waals surface area contributed by atoms with Crippen molar-refractivity contribution in [3.63, 3.8) is 0 Å². The maximum Gasteiger partial charge on any atom is 0.264 e. The molecule has 3 heterocycles. The maximum atomic E-state index is 12.7. The van der Waals surface area contributed by atoms with Crippen LogP contribution < -0.4 is 0 Å². The second-order valence-electron chi connectivity index (χ2n) is 7.98. The molecule has 6 heteroatoms. The number of piperazine rings is 1. The summed E-state index contributed by atoms with van der Waals surface area (Å²) in [6.45, 7) is 5.35. The van der Waals surface area contributed by atoms with Gasteiger partial charge in [-0.15, -0.1) is 11.3 Å². The highest BCUT2D eigenvalue weighted by Gasteiger charge is 2.33. The minimum atomic E-state index is 0.103. The number of thiophene rings is 1. The first-order valence-electron chi connectivity index (χ1n) is 10.0. The molecule has 1 aliphatic carbocycles. The summed E-state index contributed by atoms with van der Waals surface area (Å²) < 4.78 is 0. The van der Waals surface area contributed by atoms with Crippen molar-refractivity contribution in [2.24, 2.45) is 11.8 Å². The molecule has 0 aromatic carbocycles. The van der Waals surface area contributed by atoms with Crippen LogP contribution in [0.1, 0.15) is 41.8 Å². The zero-order valence-electron chi connectivity index (χ0n) is 15.4. The summed E-state index contributed by atoms with van der Waals surface area (Å²) >= 11 is 1.49. The van der Waals surface area contributed by atoms with Crippen LogP contribution in [-0.4, -0.2) is 72.3 Å². The van der Waals surface area contributed by atoms with E-state index in [9.17, 15) is 9.59 Å². The molecule has 2 aliphatic heterocycles. The van der Waals surface area contributed by atoms with E-state index >= 15 is 0 Å². The molecule has 5 nitrogen and oxygen atoms in total. The van der Waals surface area contributed by atoms with Crippen LogP contribution in [-0.2, 0) is 4.79 Å². The summed E-state index contributed by atoms with van der Waals surface area (Å²) in [5, 5.41) is 1.93. The number of hydrogen-bond donors (Lipinski definition) is 0. The minimum Gasteiger partial charge on any atom is -0.338 e. The number of piperidine rings is 1. The molecule has 2 amide bonds. The van der Waals surface area contributed by atoms with E-state index in [-0.39, 0.29) is 11.8 Å². The number of carbonyl (C=O) groups excluding carboxylic acids is 2. The molecule has 2 unspecified atom stereocenters. The highest BCUT2D eigenvalue weighted by molar-refractivity contribution is 7.12. The molecule has 2 saturated heterocycles. The van der Waals surface area contributed by atoms with Crippen LogP contribution >= 0.6 is 11.3 Å². The molecule has 0 N–H and O–H groups in total. The fourth-order valence-corrected chi connectivity index (χ4v) is 5.52. The van der Waals surface area contributed by atoms with Crippen LogP contribution in [0, 0.1) is 11.8 Å². The Hall–Kier alpha value is -1.40. The van der Waals surface area contributed by atoms with Gasteiger partial charge < -0.3 is 9.80 Å². The largest absolute Gasteiger partial charge is 0.338 e. The monoisotopic (exact) mass is 375 g/mol. The Morgan fingerprint density at radius 1 is 0.962 bits per heavy atom. The van der Waals surface area contributed by atoms with Crippen LogP contribution in [0.3, 0.4) is 0 Å². The molecule has 0 spiro atoms. The Morgan fingerprint density at radius 3 is 2.42 bits per heavy atom. The molecule has 1 saturated carbocycles. The first kappa shape index (κ1) is 18.0. The lowest BCUT2D eigenvalue weighted by atomic mass is 9.75. The number of rotatable bonds is 3. The van der Waals surface area contributed by atoms with Gasteiger partial charge in [0.15, 0.2) is 0 Å². The predicted molar refractivity (Wildman–Crippen MR) is 103 cm³/mol. The first-order valence-corrected chi connectivity index (χ1v) is 10.9. The highest BCUT2D eigenvalue weighted by Crippen LogP contribution is 2.35. The molecule has 3 aliphatic rings. The average molecular weight is 376 g/mol. The number of carbonyl (C=O) groups is 2. The van der Waals surface area contributed by atoms with Crippen molar-refractivity contribution in [3.8, 4) is 0 Å². The third kappa shape index (κ3) is 3.96. The van der Waals surface area contributed by atoms with Crippen LogP contribution in [0.25, 0.3) is 0 Å². The van der Waals surface area contributed by atoms with Gasteiger partial charge in [-0.25, -0.2) is 0 Å². The van der Waals surface area contributed by atoms with Crippen molar-refractivity contribution in [1.29, 1.82) is 0 Å². The molecule has 4 rings (SSSR count). The van der Waals surface area contributed by atoms with E-state index in [0.29, 0.717) is 32.7 Å². The van der Waals surface area contributed by atoms with Crippen LogP contribution in [0.5, 0.6) is 0 Å². The number of hydrogen-bond acceptors (Lipinski definition) is 4. The summed E-state index contributed by atoms with van der Waals surface area (Å²) in [7, 11) is 0. The van der Waals surface area contributed by atoms with Gasteiger partial charge in [0.05, 0.1) is 11.4 Å². The highest BCUT2D eigenvalue weighted by atomic mass is 32.1. The fourth-order valence-electron chi connectivity index (χ4n) is 4.83. The molecular weight excluding hydrogens is 346 g/mol. The number of nitrogens with zero attached hydrogens (tertiary/aromatic N) is 3. The van der Waals surface area contributed by atoms with Crippen molar-refractivity contribution in [2.45, 2.75) is 32.1 Å². The molecular formula is C20H29N3O2S. The first-order chi connectivity index (χ1) is 12.7. The van der Waals surface area contributed by atoms with Crippen molar-refractivity contribution in [3.05, 3.63) is 22.4 Å². The van der Waals surface area contributed by atoms with Crippen molar-refractivity contribution < 1.29 is 9.59 Å². The van der Waals surface area contributed by atoms with Gasteiger partial charge in [-0.05, 0) is 42.7 Å². The van der Waals surface area contributed by atoms with Gasteiger partial charge in [0.1, 0.15) is 0 Å². The minimum absolute atomic E-state index is 0.103. The Kier molecular flexibility index (Phi) is 5.60. The molecule has 1 aromatic heterocycles. The van der Waals surface area contributed by atoms with E-state index in [1.807, 2.05) is 27.3 Å². The molecule has 0 radical (unpaired) electrons. The summed E-state index contributed by atoms with van der Waals surface area (Å²) in [6, 6.07) is 3.78. The van der Waals surface area contributed by atoms with Gasteiger partial charge in [-0.2, -0.15) is 0 Å². The Labute approximate surface area is 159 Å². The molecule has 1 aromatic rings. The summed E-state index contributed by atoms with van der Waals surface area (Å²) in [5.41, 5.74) is 0. The van der Waals surface area contributed by atoms with Crippen molar-refractivity contribution in [2.75, 3.05) is 45.8 Å². The number of amides is 2. The van der Waals surface area contributed by atoms with Crippen LogP contribution in [0.15, 0.2) is 17.5 Å². The SMILES string of the molecule is O=C(CN1CCC2CCCCC2C1)N1CCN(C(=O)c2cccs2)CC1. The van der Waals surface area contributed by atoms with E-state index < -0.39 is 0 Å². The van der Waals surface area contributed by atoms with E-state index in [1.165, 1.54) is 43.4 Å². The molecule has 26 heavy (non-hydrogen) atoms. The van der Waals surface area contributed by atoms with E-state index in [2.05, 4.69) is 4.90 Å². The van der Waals surface area contributed by atoms with E-state index in [1.54, 1.807) is 0 Å². The van der Waals surface area contributed by atoms with E-state index in [4.69, 9.17) is 0 Å². The van der Waals surface area contributed by atoms with Gasteiger partial charge in [0, 0.05) is 32.7 Å². The van der Waals surface area contributed by atoms with E-state index in [0.717, 1.165) is 29.8 Å². The Morgan fingerprint density at radius 2 is 1.69 bits per heavy atom. The Balaban J connectivity index is 1.24. The zero-order valence-corrected chi connectivity index (χ0v) is 16.3. The molecule has 3 fully saturated rings. The van der Waals surface area contributed by atoms with Crippen molar-refractivity contribution in [1.82, 2.24) is 14.7 Å². The smallest absolute Gasteiger partial charge is 0.264 e. The van der Waals surface area contributed by atoms with Crippen LogP contribution in [0.4, 0.5) is 0 Å². The summed E-state index contributed by atoms with van der Waals surface area (Å²) in [6.07, 6.45) is 6.77. The Bertz CT molecular complexity index is 625. The van der Waals surface area contributed by atoms with Gasteiger partial charge in [0.25, 0.3) is 5.91 Å². The second-order valence-corrected chi connectivity index (χ2v) is 8.93. The van der Waals surface area contributed by atoms with Gasteiger partial charge in [0.2, 0.25) is 5.91 Å². The molecule has 142 valence electrons. The maximum absolute atomic E-state index is 12.7. The summed E-state index contributed by atoms with van der Waals surface area (Å²) in [4.78, 5) is 32.1. The average Bonchev–Trinajstić information content (AvgIpc) is 3.22. The third-order valence-electron chi connectivity index (χ3n) is 6.39. The normalized spacial score (nSPS) is 27.2. The molecule has 0 bridgehead atoms. The summed E-state index contributed by atoms with van der Waals surface area (Å²) in [5.74, 6) is 2.06. The van der Waals surface area contributed by atoms with Gasteiger partial charge in [-0.3, -0.25) is 14.5 Å². The van der Waals surface area contributed by atoms with Gasteiger partial charge >= 0.3 is 0 Å². The second kappa shape index (κ2) is 8.09. The predicted octanol–water partition coefficient (Wildman–Crippen LogP) is 2.54. The lowest BCUT2D eigenvalue weighted by molar-refractivity contribution is -0.134. The zero-order chi connectivity index (χ0) is 17.9. The topological polar surface area (TPSA) is 43.9 Å². The number of likely N-dealkylation sites (tertiary alicyclic amines) is 1. The van der Waals surface area contributed by atoms with Gasteiger partial charge in [-0.1, -0.05) is 25.3 Å². The lowest BCUT2D eigenvalue weighted by Crippen LogP contribution is -2.53. The van der Waals surface area contributed by atoms with Crippen molar-refractivity contribution >= 4 is 23.2 Å². The standard InChI is InChI=1S/C20H29N3O2S/c24-19(15-21-8-7-16-4-1-2-5-17(16)14-21)22-9-11-23(12-10-22)20(25)18-6-3-13-26-18/h3,6,13,16-17H,1-2,4-5,7-12,14-15H2. The lowest BCUT2D eigenvalue weighted by Gasteiger charge is -2.42. The van der Waals surface area contributed by atoms with Crippen LogP contribution in [0.2, 0.25) is 0 Å². The fraction of sp³-hybridized carbons (Fsp3) is 0.700.